The Labute approximate surface area is 186 Å². The van der Waals surface area contributed by atoms with Gasteiger partial charge in [-0.2, -0.15) is 5.10 Å². The first-order valence-electron chi connectivity index (χ1n) is 10.7. The van der Waals surface area contributed by atoms with Gasteiger partial charge in [0, 0.05) is 61.2 Å². The molecule has 0 radical (unpaired) electrons. The van der Waals surface area contributed by atoms with Crippen molar-refractivity contribution in [2.45, 2.75) is 26.3 Å². The molecule has 1 amide bonds. The number of aromatic nitrogens is 4. The molecule has 3 aromatic heterocycles. The van der Waals surface area contributed by atoms with Crippen LogP contribution in [0.15, 0.2) is 48.9 Å². The van der Waals surface area contributed by atoms with E-state index in [1.165, 1.54) is 0 Å². The van der Waals surface area contributed by atoms with Gasteiger partial charge < -0.3 is 9.64 Å². The Hall–Kier alpha value is -3.74. The summed E-state index contributed by atoms with van der Waals surface area (Å²) in [6.07, 6.45) is 6.76. The maximum absolute atomic E-state index is 13.0. The first-order valence-corrected chi connectivity index (χ1v) is 10.7. The lowest BCUT2D eigenvalue weighted by molar-refractivity contribution is -0.131. The molecule has 4 heterocycles. The predicted molar refractivity (Wildman–Crippen MR) is 122 cm³/mol. The minimum absolute atomic E-state index is 0.127. The summed E-state index contributed by atoms with van der Waals surface area (Å²) in [6, 6.07) is 10.1. The third-order valence-corrected chi connectivity index (χ3v) is 6.02. The minimum atomic E-state index is 0.127. The van der Waals surface area contributed by atoms with E-state index in [0.29, 0.717) is 19.5 Å². The van der Waals surface area contributed by atoms with Crippen molar-refractivity contribution in [2.24, 2.45) is 7.05 Å². The third kappa shape index (κ3) is 3.82. The standard InChI is InChI=1S/C25H25N5O2/c1-16-8-17(4-5-23(16)32-3)9-24(31)30-7-6-22-20(15-30)11-18-10-19(12-26-25(18)28-22)21-13-27-29(2)14-21/h4-5,8,10-14H,6-7,9,15H2,1-3H3. The largest absolute Gasteiger partial charge is 0.496 e. The van der Waals surface area contributed by atoms with Crippen molar-refractivity contribution in [3.05, 3.63) is 71.3 Å². The second kappa shape index (κ2) is 8.07. The molecule has 0 aliphatic carbocycles. The number of hydrogen-bond acceptors (Lipinski definition) is 5. The molecule has 0 saturated carbocycles. The molecule has 0 saturated heterocycles. The van der Waals surface area contributed by atoms with Crippen molar-refractivity contribution in [1.29, 1.82) is 0 Å². The number of carbonyl (C=O) groups is 1. The molecule has 1 aromatic carbocycles. The summed E-state index contributed by atoms with van der Waals surface area (Å²) < 4.78 is 7.10. The predicted octanol–water partition coefficient (Wildman–Crippen LogP) is 3.47. The summed E-state index contributed by atoms with van der Waals surface area (Å²) in [6.45, 7) is 3.24. The van der Waals surface area contributed by atoms with Gasteiger partial charge in [0.25, 0.3) is 0 Å². The van der Waals surface area contributed by atoms with E-state index in [9.17, 15) is 4.79 Å². The summed E-state index contributed by atoms with van der Waals surface area (Å²) in [7, 11) is 3.56. The van der Waals surface area contributed by atoms with Crippen LogP contribution < -0.4 is 4.74 Å². The number of ether oxygens (including phenoxy) is 1. The van der Waals surface area contributed by atoms with Crippen molar-refractivity contribution in [3.8, 4) is 16.9 Å². The molecule has 0 bridgehead atoms. The second-order valence-corrected chi connectivity index (χ2v) is 8.31. The van der Waals surface area contributed by atoms with E-state index >= 15 is 0 Å². The Balaban J connectivity index is 1.37. The number of rotatable bonds is 4. The van der Waals surface area contributed by atoms with Crippen LogP contribution in [0, 0.1) is 6.92 Å². The van der Waals surface area contributed by atoms with Gasteiger partial charge in [0.05, 0.1) is 19.7 Å². The molecule has 7 nitrogen and oxygen atoms in total. The van der Waals surface area contributed by atoms with E-state index in [1.807, 2.05) is 55.7 Å². The summed E-state index contributed by atoms with van der Waals surface area (Å²) in [5.74, 6) is 0.966. The molecule has 7 heteroatoms. The fourth-order valence-corrected chi connectivity index (χ4v) is 4.30. The fraction of sp³-hybridized carbons (Fsp3) is 0.280. The van der Waals surface area contributed by atoms with Crippen LogP contribution in [0.4, 0.5) is 0 Å². The molecule has 1 aliphatic rings. The molecule has 1 aliphatic heterocycles. The van der Waals surface area contributed by atoms with Gasteiger partial charge >= 0.3 is 0 Å². The van der Waals surface area contributed by atoms with Crippen LogP contribution in [-0.2, 0) is 31.2 Å². The molecule has 0 spiro atoms. The molecule has 4 aromatic rings. The fourth-order valence-electron chi connectivity index (χ4n) is 4.30. The van der Waals surface area contributed by atoms with Gasteiger partial charge in [-0.05, 0) is 41.8 Å². The zero-order valence-electron chi connectivity index (χ0n) is 18.5. The van der Waals surface area contributed by atoms with E-state index in [1.54, 1.807) is 11.8 Å². The maximum atomic E-state index is 13.0. The average molecular weight is 428 g/mol. The Morgan fingerprint density at radius 1 is 1.16 bits per heavy atom. The number of nitrogens with zero attached hydrogens (tertiary/aromatic N) is 5. The first kappa shape index (κ1) is 20.2. The quantitative estimate of drug-likeness (QED) is 0.499. The zero-order chi connectivity index (χ0) is 22.2. The van der Waals surface area contributed by atoms with E-state index in [0.717, 1.165) is 56.7 Å². The van der Waals surface area contributed by atoms with Crippen LogP contribution >= 0.6 is 0 Å². The van der Waals surface area contributed by atoms with E-state index in [4.69, 9.17) is 9.72 Å². The number of aryl methyl sites for hydroxylation is 2. The Morgan fingerprint density at radius 2 is 2.03 bits per heavy atom. The second-order valence-electron chi connectivity index (χ2n) is 8.31. The van der Waals surface area contributed by atoms with Crippen molar-refractivity contribution < 1.29 is 9.53 Å². The van der Waals surface area contributed by atoms with Crippen LogP contribution in [-0.4, -0.2) is 44.2 Å². The van der Waals surface area contributed by atoms with E-state index < -0.39 is 0 Å². The lowest BCUT2D eigenvalue weighted by Gasteiger charge is -2.28. The summed E-state index contributed by atoms with van der Waals surface area (Å²) in [5, 5.41) is 5.22. The molecule has 0 unspecified atom stereocenters. The van der Waals surface area contributed by atoms with Crippen molar-refractivity contribution in [2.75, 3.05) is 13.7 Å². The maximum Gasteiger partial charge on any atom is 0.227 e. The number of hydrogen-bond donors (Lipinski definition) is 0. The minimum Gasteiger partial charge on any atom is -0.496 e. The number of amides is 1. The van der Waals surface area contributed by atoms with Crippen molar-refractivity contribution in [3.63, 3.8) is 0 Å². The van der Waals surface area contributed by atoms with Crippen LogP contribution in [0.25, 0.3) is 22.2 Å². The SMILES string of the molecule is COc1ccc(CC(=O)N2CCc3nc4ncc(-c5cnn(C)c5)cc4cc3C2)cc1C. The molecule has 5 rings (SSSR count). The van der Waals surface area contributed by atoms with Gasteiger partial charge in [-0.25, -0.2) is 9.97 Å². The Bertz CT molecular complexity index is 1330. The van der Waals surface area contributed by atoms with Gasteiger partial charge in [-0.15, -0.1) is 0 Å². The van der Waals surface area contributed by atoms with Crippen LogP contribution in [0.1, 0.15) is 22.4 Å². The number of pyridine rings is 2. The highest BCUT2D eigenvalue weighted by Gasteiger charge is 2.23. The van der Waals surface area contributed by atoms with Gasteiger partial charge in [-0.3, -0.25) is 9.48 Å². The van der Waals surface area contributed by atoms with Gasteiger partial charge in [0.2, 0.25) is 5.91 Å². The first-order chi connectivity index (χ1) is 15.5. The normalized spacial score (nSPS) is 13.3. The molecular formula is C25H25N5O2. The third-order valence-electron chi connectivity index (χ3n) is 6.02. The van der Waals surface area contributed by atoms with Crippen LogP contribution in [0.2, 0.25) is 0 Å². The summed E-state index contributed by atoms with van der Waals surface area (Å²) >= 11 is 0. The molecular weight excluding hydrogens is 402 g/mol. The lowest BCUT2D eigenvalue weighted by Crippen LogP contribution is -2.37. The Kier molecular flexibility index (Phi) is 5.09. The zero-order valence-corrected chi connectivity index (χ0v) is 18.5. The average Bonchev–Trinajstić information content (AvgIpc) is 3.23. The summed E-state index contributed by atoms with van der Waals surface area (Å²) in [4.78, 5) is 24.3. The van der Waals surface area contributed by atoms with Gasteiger partial charge in [-0.1, -0.05) is 12.1 Å². The monoisotopic (exact) mass is 427 g/mol. The number of fused-ring (bicyclic) bond motifs is 2. The van der Waals surface area contributed by atoms with Crippen LogP contribution in [0.5, 0.6) is 5.75 Å². The van der Waals surface area contributed by atoms with Gasteiger partial charge in [0.15, 0.2) is 5.65 Å². The van der Waals surface area contributed by atoms with E-state index in [-0.39, 0.29) is 5.91 Å². The van der Waals surface area contributed by atoms with Crippen molar-refractivity contribution in [1.82, 2.24) is 24.6 Å². The molecule has 0 atom stereocenters. The molecule has 0 N–H and O–H groups in total. The number of carbonyl (C=O) groups excluding carboxylic acids is 1. The highest BCUT2D eigenvalue weighted by atomic mass is 16.5. The molecule has 0 fully saturated rings. The lowest BCUT2D eigenvalue weighted by atomic mass is 10.0. The van der Waals surface area contributed by atoms with Crippen molar-refractivity contribution >= 4 is 16.9 Å². The smallest absolute Gasteiger partial charge is 0.227 e. The van der Waals surface area contributed by atoms with E-state index in [2.05, 4.69) is 22.2 Å². The van der Waals surface area contributed by atoms with Crippen LogP contribution in [0.3, 0.4) is 0 Å². The molecule has 32 heavy (non-hydrogen) atoms. The van der Waals surface area contributed by atoms with Gasteiger partial charge in [0.1, 0.15) is 5.75 Å². The highest BCUT2D eigenvalue weighted by molar-refractivity contribution is 5.82. The molecule has 162 valence electrons. The number of methoxy groups -OCH3 is 1. The topological polar surface area (TPSA) is 73.1 Å². The summed E-state index contributed by atoms with van der Waals surface area (Å²) in [5.41, 5.74) is 6.93. The highest BCUT2D eigenvalue weighted by Crippen LogP contribution is 2.26. The Morgan fingerprint density at radius 3 is 2.78 bits per heavy atom. The number of benzene rings is 1.